The molecule has 2 saturated heterocycles. The molecule has 3 aliphatic rings. The highest BCUT2D eigenvalue weighted by Gasteiger charge is 2.42. The largest absolute Gasteiger partial charge is 0.489 e. The number of urea groups is 1. The zero-order valence-electron chi connectivity index (χ0n) is 25.6. The van der Waals surface area contributed by atoms with Gasteiger partial charge in [0.15, 0.2) is 0 Å². The van der Waals surface area contributed by atoms with E-state index in [0.29, 0.717) is 82.8 Å². The summed E-state index contributed by atoms with van der Waals surface area (Å²) in [7, 11) is 0. The molecule has 13 heteroatoms. The fourth-order valence-corrected chi connectivity index (χ4v) is 7.42. The summed E-state index contributed by atoms with van der Waals surface area (Å²) < 4.78 is 11.6. The lowest BCUT2D eigenvalue weighted by atomic mass is 10.0. The Balaban J connectivity index is 0.997. The minimum absolute atomic E-state index is 0.0699. The van der Waals surface area contributed by atoms with Crippen molar-refractivity contribution in [3.63, 3.8) is 0 Å². The maximum atomic E-state index is 12.9. The van der Waals surface area contributed by atoms with Gasteiger partial charge in [0.2, 0.25) is 5.91 Å². The molecule has 0 radical (unpaired) electrons. The van der Waals surface area contributed by atoms with Crippen LogP contribution in [0, 0.1) is 5.92 Å². The SMILES string of the molecule is O=C(CCCCC1SC[C@@H]2NC(=O)N[C@H]12)CCCOCCOc1ccc(C(=O)Nc2ccc(Cl)c(Cl)c2)cc1NC(=O)CC1CC1. The molecule has 4 amide bonds. The third kappa shape index (κ3) is 10.3. The molecule has 5 rings (SSSR count). The van der Waals surface area contributed by atoms with Gasteiger partial charge in [-0.15, -0.1) is 0 Å². The Labute approximate surface area is 283 Å². The van der Waals surface area contributed by atoms with Crippen LogP contribution in [0.5, 0.6) is 5.75 Å². The predicted molar refractivity (Wildman–Crippen MR) is 181 cm³/mol. The number of ether oxygens (including phenoxy) is 2. The van der Waals surface area contributed by atoms with E-state index in [1.165, 1.54) is 0 Å². The summed E-state index contributed by atoms with van der Waals surface area (Å²) in [4.78, 5) is 49.4. The number of hydrogen-bond donors (Lipinski definition) is 4. The number of hydrogen-bond acceptors (Lipinski definition) is 7. The fraction of sp³-hybridized carbons (Fsp3) is 0.515. The van der Waals surface area contributed by atoms with Gasteiger partial charge in [-0.2, -0.15) is 11.8 Å². The summed E-state index contributed by atoms with van der Waals surface area (Å²) in [5, 5.41) is 12.8. The van der Waals surface area contributed by atoms with E-state index in [-0.39, 0.29) is 42.3 Å². The number of rotatable bonds is 18. The number of fused-ring (bicyclic) bond motifs is 1. The van der Waals surface area contributed by atoms with E-state index in [4.69, 9.17) is 32.7 Å². The summed E-state index contributed by atoms with van der Waals surface area (Å²) in [5.74, 6) is 1.53. The molecule has 1 unspecified atom stereocenters. The van der Waals surface area contributed by atoms with Crippen LogP contribution in [-0.4, -0.2) is 66.5 Å². The van der Waals surface area contributed by atoms with Gasteiger partial charge in [0.1, 0.15) is 18.1 Å². The quantitative estimate of drug-likeness (QED) is 0.104. The van der Waals surface area contributed by atoms with Crippen molar-refractivity contribution in [2.45, 2.75) is 75.1 Å². The Morgan fingerprint density at radius 1 is 0.913 bits per heavy atom. The second-order valence-electron chi connectivity index (χ2n) is 12.0. The van der Waals surface area contributed by atoms with Crippen LogP contribution in [0.25, 0.3) is 0 Å². The van der Waals surface area contributed by atoms with Crippen molar-refractivity contribution >= 4 is 70.0 Å². The number of anilines is 2. The third-order valence-electron chi connectivity index (χ3n) is 8.23. The first kappa shape index (κ1) is 34.3. The van der Waals surface area contributed by atoms with Crippen LogP contribution >= 0.6 is 35.0 Å². The summed E-state index contributed by atoms with van der Waals surface area (Å²) >= 11 is 13.9. The van der Waals surface area contributed by atoms with Crippen molar-refractivity contribution in [1.82, 2.24) is 10.6 Å². The smallest absolute Gasteiger partial charge is 0.315 e. The number of halogens is 2. The molecule has 3 fully saturated rings. The van der Waals surface area contributed by atoms with Crippen LogP contribution in [0.2, 0.25) is 10.0 Å². The molecule has 0 bridgehead atoms. The predicted octanol–water partition coefficient (Wildman–Crippen LogP) is 6.45. The van der Waals surface area contributed by atoms with Crippen LogP contribution in [0.3, 0.4) is 0 Å². The van der Waals surface area contributed by atoms with E-state index < -0.39 is 0 Å². The van der Waals surface area contributed by atoms with Gasteiger partial charge in [0, 0.05) is 48.1 Å². The maximum absolute atomic E-state index is 12.9. The number of unbranched alkanes of at least 4 members (excludes halogenated alkanes) is 1. The van der Waals surface area contributed by atoms with Crippen LogP contribution in [0.4, 0.5) is 16.2 Å². The Hall–Kier alpha value is -2.99. The van der Waals surface area contributed by atoms with E-state index in [2.05, 4.69) is 21.3 Å². The molecular formula is C33H40Cl2N4O6S. The molecule has 3 atom stereocenters. The monoisotopic (exact) mass is 690 g/mol. The lowest BCUT2D eigenvalue weighted by Gasteiger charge is -2.16. The van der Waals surface area contributed by atoms with Gasteiger partial charge in [0.05, 0.1) is 34.4 Å². The number of carbonyl (C=O) groups excluding carboxylic acids is 4. The standard InChI is InChI=1S/C33H40Cl2N4O6S/c34-24-11-10-22(18-25(24)35)36-32(42)21-9-12-28(26(17-21)37-30(41)16-20-7-8-20)45-15-14-44-13-3-5-23(40)4-1-2-6-29-31-27(19-46-29)38-33(43)39-31/h9-12,17-18,20,27,29,31H,1-8,13-16,19H2,(H,36,42)(H,37,41)(H2,38,39,43)/t27-,29?,31-/m0/s1. The lowest BCUT2D eigenvalue weighted by molar-refractivity contribution is -0.119. The molecule has 2 aliphatic heterocycles. The minimum Gasteiger partial charge on any atom is -0.489 e. The first-order valence-electron chi connectivity index (χ1n) is 15.9. The Bertz CT molecular complexity index is 1420. The highest BCUT2D eigenvalue weighted by Crippen LogP contribution is 2.35. The highest BCUT2D eigenvalue weighted by molar-refractivity contribution is 8.00. The van der Waals surface area contributed by atoms with Crippen molar-refractivity contribution in [1.29, 1.82) is 0 Å². The molecular weight excluding hydrogens is 651 g/mol. The number of amides is 4. The normalized spacial score (nSPS) is 20.0. The number of benzene rings is 2. The van der Waals surface area contributed by atoms with Crippen LogP contribution < -0.4 is 26.0 Å². The molecule has 0 aromatic heterocycles. The van der Waals surface area contributed by atoms with Crippen LogP contribution in [0.1, 0.15) is 68.1 Å². The van der Waals surface area contributed by atoms with Gasteiger partial charge in [-0.05, 0) is 74.4 Å². The fourth-order valence-electron chi connectivity index (χ4n) is 5.58. The molecule has 2 heterocycles. The number of ketones is 1. The number of carbonyl (C=O) groups is 4. The highest BCUT2D eigenvalue weighted by atomic mass is 35.5. The average Bonchev–Trinajstić information content (AvgIpc) is 3.65. The van der Waals surface area contributed by atoms with E-state index in [9.17, 15) is 19.2 Å². The Kier molecular flexibility index (Phi) is 12.5. The zero-order chi connectivity index (χ0) is 32.5. The van der Waals surface area contributed by atoms with Crippen molar-refractivity contribution in [3.8, 4) is 5.75 Å². The van der Waals surface area contributed by atoms with Crippen molar-refractivity contribution in [3.05, 3.63) is 52.0 Å². The Morgan fingerprint density at radius 2 is 1.74 bits per heavy atom. The van der Waals surface area contributed by atoms with Gasteiger partial charge >= 0.3 is 6.03 Å². The van der Waals surface area contributed by atoms with E-state index in [0.717, 1.165) is 37.9 Å². The molecule has 2 aromatic rings. The van der Waals surface area contributed by atoms with Gasteiger partial charge in [-0.1, -0.05) is 29.6 Å². The van der Waals surface area contributed by atoms with Gasteiger partial charge < -0.3 is 30.7 Å². The maximum Gasteiger partial charge on any atom is 0.315 e. The molecule has 10 nitrogen and oxygen atoms in total. The van der Waals surface area contributed by atoms with E-state index >= 15 is 0 Å². The summed E-state index contributed by atoms with van der Waals surface area (Å²) in [6, 6.07) is 10.1. The first-order chi connectivity index (χ1) is 22.2. The van der Waals surface area contributed by atoms with Crippen molar-refractivity contribution in [2.75, 3.05) is 36.2 Å². The molecule has 1 saturated carbocycles. The molecule has 248 valence electrons. The summed E-state index contributed by atoms with van der Waals surface area (Å²) in [6.07, 6.45) is 7.05. The van der Waals surface area contributed by atoms with Crippen molar-refractivity contribution in [2.24, 2.45) is 5.92 Å². The number of thioether (sulfide) groups is 1. The lowest BCUT2D eigenvalue weighted by Crippen LogP contribution is -2.36. The minimum atomic E-state index is -0.372. The molecule has 0 spiro atoms. The van der Waals surface area contributed by atoms with Gasteiger partial charge in [-0.25, -0.2) is 4.79 Å². The zero-order valence-corrected chi connectivity index (χ0v) is 27.9. The van der Waals surface area contributed by atoms with Gasteiger partial charge in [-0.3, -0.25) is 14.4 Å². The Morgan fingerprint density at radius 3 is 2.54 bits per heavy atom. The summed E-state index contributed by atoms with van der Waals surface area (Å²) in [6.45, 7) is 1.00. The van der Waals surface area contributed by atoms with Crippen LogP contribution in [0.15, 0.2) is 36.4 Å². The number of Topliss-reactive ketones (excluding diaryl/α,β-unsaturated/α-hetero) is 1. The second kappa shape index (κ2) is 16.7. The first-order valence-corrected chi connectivity index (χ1v) is 17.7. The average molecular weight is 692 g/mol. The summed E-state index contributed by atoms with van der Waals surface area (Å²) in [5.41, 5.74) is 1.24. The van der Waals surface area contributed by atoms with Crippen molar-refractivity contribution < 1.29 is 28.7 Å². The number of nitrogens with one attached hydrogen (secondary N) is 4. The van der Waals surface area contributed by atoms with Crippen LogP contribution in [-0.2, 0) is 14.3 Å². The second-order valence-corrected chi connectivity index (χ2v) is 14.0. The molecule has 1 aliphatic carbocycles. The van der Waals surface area contributed by atoms with E-state index in [1.54, 1.807) is 36.4 Å². The molecule has 2 aromatic carbocycles. The van der Waals surface area contributed by atoms with Gasteiger partial charge in [0.25, 0.3) is 5.91 Å². The molecule has 4 N–H and O–H groups in total. The van der Waals surface area contributed by atoms with E-state index in [1.807, 2.05) is 11.8 Å². The topological polar surface area (TPSA) is 135 Å². The molecule has 46 heavy (non-hydrogen) atoms. The third-order valence-corrected chi connectivity index (χ3v) is 10.5.